The second-order valence-electron chi connectivity index (χ2n) is 4.05. The first-order valence-electron chi connectivity index (χ1n) is 5.54. The molecule has 0 aliphatic heterocycles. The van der Waals surface area contributed by atoms with E-state index in [1.165, 1.54) is 11.0 Å². The molecule has 94 valence electrons. The summed E-state index contributed by atoms with van der Waals surface area (Å²) in [6.45, 7) is 0.677. The average molecular weight is 348 g/mol. The van der Waals surface area contributed by atoms with Crippen molar-refractivity contribution in [2.75, 3.05) is 18.5 Å². The van der Waals surface area contributed by atoms with Crippen molar-refractivity contribution in [3.63, 3.8) is 0 Å². The second-order valence-corrected chi connectivity index (χ2v) is 5.12. The third-order valence-electron chi connectivity index (χ3n) is 2.42. The van der Waals surface area contributed by atoms with Crippen LogP contribution in [0.25, 0.3) is 0 Å². The molecule has 0 atom stereocenters. The molecule has 0 saturated carbocycles. The minimum atomic E-state index is -0.0763. The SMILES string of the molecule is CN(C)C(=O)c1ccc(=O)n(CCCCI)c1. The van der Waals surface area contributed by atoms with Gasteiger partial charge in [0, 0.05) is 32.9 Å². The minimum absolute atomic E-state index is 0.0474. The van der Waals surface area contributed by atoms with Crippen LogP contribution in [0.2, 0.25) is 0 Å². The molecule has 1 heterocycles. The van der Waals surface area contributed by atoms with Gasteiger partial charge in [-0.05, 0) is 23.3 Å². The Morgan fingerprint density at radius 2 is 2.06 bits per heavy atom. The van der Waals surface area contributed by atoms with E-state index in [0.717, 1.165) is 17.3 Å². The number of pyridine rings is 1. The molecule has 0 aliphatic rings. The van der Waals surface area contributed by atoms with Crippen LogP contribution in [-0.2, 0) is 6.54 Å². The van der Waals surface area contributed by atoms with Crippen molar-refractivity contribution in [3.05, 3.63) is 34.2 Å². The van der Waals surface area contributed by atoms with E-state index in [1.54, 1.807) is 30.9 Å². The maximum absolute atomic E-state index is 11.7. The highest BCUT2D eigenvalue weighted by atomic mass is 127. The molecular formula is C12H17IN2O2. The lowest BCUT2D eigenvalue weighted by atomic mass is 10.2. The van der Waals surface area contributed by atoms with Crippen molar-refractivity contribution in [3.8, 4) is 0 Å². The molecule has 0 unspecified atom stereocenters. The first kappa shape index (κ1) is 14.2. The number of carbonyl (C=O) groups is 1. The van der Waals surface area contributed by atoms with Gasteiger partial charge < -0.3 is 9.47 Å². The zero-order valence-corrected chi connectivity index (χ0v) is 12.3. The Bertz CT molecular complexity index is 440. The van der Waals surface area contributed by atoms with E-state index >= 15 is 0 Å². The van der Waals surface area contributed by atoms with E-state index in [9.17, 15) is 9.59 Å². The van der Waals surface area contributed by atoms with Crippen molar-refractivity contribution in [2.45, 2.75) is 19.4 Å². The molecule has 1 amide bonds. The maximum Gasteiger partial charge on any atom is 0.254 e. The Kier molecular flexibility index (Phi) is 5.67. The molecule has 0 radical (unpaired) electrons. The van der Waals surface area contributed by atoms with Gasteiger partial charge in [-0.1, -0.05) is 22.6 Å². The van der Waals surface area contributed by atoms with Crippen LogP contribution in [0.3, 0.4) is 0 Å². The summed E-state index contributed by atoms with van der Waals surface area (Å²) < 4.78 is 2.70. The van der Waals surface area contributed by atoms with Crippen molar-refractivity contribution >= 4 is 28.5 Å². The molecule has 0 aromatic carbocycles. The summed E-state index contributed by atoms with van der Waals surface area (Å²) in [5.41, 5.74) is 0.512. The Labute approximate surface area is 115 Å². The summed E-state index contributed by atoms with van der Waals surface area (Å²) in [7, 11) is 3.40. The summed E-state index contributed by atoms with van der Waals surface area (Å²) >= 11 is 2.32. The lowest BCUT2D eigenvalue weighted by Gasteiger charge is -2.12. The van der Waals surface area contributed by atoms with Gasteiger partial charge in [0.2, 0.25) is 0 Å². The largest absolute Gasteiger partial charge is 0.345 e. The quantitative estimate of drug-likeness (QED) is 0.462. The number of carbonyl (C=O) groups excluding carboxylic acids is 1. The number of amides is 1. The summed E-state index contributed by atoms with van der Waals surface area (Å²) in [5.74, 6) is -0.0763. The fraction of sp³-hybridized carbons (Fsp3) is 0.500. The van der Waals surface area contributed by atoms with E-state index < -0.39 is 0 Å². The predicted molar refractivity (Wildman–Crippen MR) is 76.8 cm³/mol. The maximum atomic E-state index is 11.7. The summed E-state index contributed by atoms with van der Waals surface area (Å²) in [6, 6.07) is 3.04. The van der Waals surface area contributed by atoms with E-state index in [0.29, 0.717) is 12.1 Å². The zero-order valence-electron chi connectivity index (χ0n) is 10.1. The van der Waals surface area contributed by atoms with Crippen LogP contribution < -0.4 is 5.56 Å². The predicted octanol–water partition coefficient (Wildman–Crippen LogP) is 1.77. The molecule has 0 aliphatic carbocycles. The first-order chi connectivity index (χ1) is 8.06. The minimum Gasteiger partial charge on any atom is -0.345 e. The number of unbranched alkanes of at least 4 members (excludes halogenated alkanes) is 1. The van der Waals surface area contributed by atoms with Gasteiger partial charge in [-0.2, -0.15) is 0 Å². The normalized spacial score (nSPS) is 10.3. The molecule has 1 rings (SSSR count). The van der Waals surface area contributed by atoms with Crippen LogP contribution in [0, 0.1) is 0 Å². The van der Waals surface area contributed by atoms with Gasteiger partial charge in [-0.25, -0.2) is 0 Å². The molecule has 1 aromatic rings. The number of rotatable bonds is 5. The van der Waals surface area contributed by atoms with E-state index in [4.69, 9.17) is 0 Å². The molecule has 0 bridgehead atoms. The van der Waals surface area contributed by atoms with Crippen LogP contribution in [0.1, 0.15) is 23.2 Å². The van der Waals surface area contributed by atoms with E-state index in [-0.39, 0.29) is 11.5 Å². The summed E-state index contributed by atoms with van der Waals surface area (Å²) in [4.78, 5) is 24.9. The Morgan fingerprint density at radius 1 is 1.35 bits per heavy atom. The van der Waals surface area contributed by atoms with E-state index in [1.807, 2.05) is 0 Å². The van der Waals surface area contributed by atoms with Gasteiger partial charge in [0.05, 0.1) is 5.56 Å². The van der Waals surface area contributed by atoms with Gasteiger partial charge in [0.1, 0.15) is 0 Å². The lowest BCUT2D eigenvalue weighted by molar-refractivity contribution is 0.0826. The smallest absolute Gasteiger partial charge is 0.254 e. The van der Waals surface area contributed by atoms with Crippen molar-refractivity contribution in [2.24, 2.45) is 0 Å². The van der Waals surface area contributed by atoms with Gasteiger partial charge in [0.15, 0.2) is 0 Å². The average Bonchev–Trinajstić information content (AvgIpc) is 2.30. The van der Waals surface area contributed by atoms with Gasteiger partial charge in [-0.3, -0.25) is 9.59 Å². The van der Waals surface area contributed by atoms with Crippen LogP contribution in [0.4, 0.5) is 0 Å². The number of hydrogen-bond acceptors (Lipinski definition) is 2. The summed E-state index contributed by atoms with van der Waals surface area (Å²) in [6.07, 6.45) is 3.69. The van der Waals surface area contributed by atoms with Crippen LogP contribution >= 0.6 is 22.6 Å². The molecule has 0 saturated heterocycles. The Morgan fingerprint density at radius 3 is 2.65 bits per heavy atom. The topological polar surface area (TPSA) is 42.3 Å². The van der Waals surface area contributed by atoms with Crippen molar-refractivity contribution in [1.82, 2.24) is 9.47 Å². The highest BCUT2D eigenvalue weighted by Crippen LogP contribution is 2.02. The second kappa shape index (κ2) is 6.78. The molecule has 17 heavy (non-hydrogen) atoms. The van der Waals surface area contributed by atoms with Gasteiger partial charge in [-0.15, -0.1) is 0 Å². The van der Waals surface area contributed by atoms with Gasteiger partial charge in [0.25, 0.3) is 11.5 Å². The molecule has 0 fully saturated rings. The number of hydrogen-bond donors (Lipinski definition) is 0. The van der Waals surface area contributed by atoms with Crippen LogP contribution in [0.15, 0.2) is 23.1 Å². The van der Waals surface area contributed by atoms with Crippen molar-refractivity contribution < 1.29 is 4.79 Å². The molecule has 0 N–H and O–H groups in total. The number of halogens is 1. The third kappa shape index (κ3) is 4.14. The number of aryl methyl sites for hydroxylation is 1. The number of aromatic nitrogens is 1. The highest BCUT2D eigenvalue weighted by molar-refractivity contribution is 14.1. The molecule has 0 spiro atoms. The molecular weight excluding hydrogens is 331 g/mol. The van der Waals surface area contributed by atoms with E-state index in [2.05, 4.69) is 22.6 Å². The number of alkyl halides is 1. The fourth-order valence-corrected chi connectivity index (χ4v) is 2.01. The molecule has 5 heteroatoms. The Balaban J connectivity index is 2.87. The van der Waals surface area contributed by atoms with Crippen LogP contribution in [-0.4, -0.2) is 33.9 Å². The van der Waals surface area contributed by atoms with Gasteiger partial charge >= 0.3 is 0 Å². The van der Waals surface area contributed by atoms with Crippen molar-refractivity contribution in [1.29, 1.82) is 0 Å². The summed E-state index contributed by atoms with van der Waals surface area (Å²) in [5, 5.41) is 0. The Hall–Kier alpha value is -0.850. The highest BCUT2D eigenvalue weighted by Gasteiger charge is 2.09. The monoisotopic (exact) mass is 348 g/mol. The zero-order chi connectivity index (χ0) is 12.8. The van der Waals surface area contributed by atoms with Crippen LogP contribution in [0.5, 0.6) is 0 Å². The fourth-order valence-electron chi connectivity index (χ4n) is 1.47. The first-order valence-corrected chi connectivity index (χ1v) is 7.07. The third-order valence-corrected chi connectivity index (χ3v) is 3.18. The molecule has 1 aromatic heterocycles. The standard InChI is InChI=1S/C12H17IN2O2/c1-14(2)12(17)10-5-6-11(16)15(9-10)8-4-3-7-13/h5-6,9H,3-4,7-8H2,1-2H3. The lowest BCUT2D eigenvalue weighted by Crippen LogP contribution is -2.25. The number of nitrogens with zero attached hydrogens (tertiary/aromatic N) is 2. The molecule has 4 nitrogen and oxygen atoms in total.